The minimum absolute atomic E-state index is 0.00885. The first-order chi connectivity index (χ1) is 13.0. The van der Waals surface area contributed by atoms with Gasteiger partial charge in [-0.15, -0.1) is 0 Å². The number of hydrogen-bond acceptors (Lipinski definition) is 3. The number of carbonyl (C=O) groups is 2. The standard InChI is InChI=1S/C22H26N2O3/c1-16(25)19-4-3-5-20(15-19)23-22(26)24-12-10-18(11-13-24)14-17-6-8-21(27-2)9-7-17/h3-9,15,18H,10-14H2,1-2H3,(H,23,26). The summed E-state index contributed by atoms with van der Waals surface area (Å²) < 4.78 is 5.20. The summed E-state index contributed by atoms with van der Waals surface area (Å²) in [5.74, 6) is 1.45. The molecule has 5 nitrogen and oxygen atoms in total. The van der Waals surface area contributed by atoms with E-state index < -0.39 is 0 Å². The van der Waals surface area contributed by atoms with Gasteiger partial charge in [0, 0.05) is 24.3 Å². The van der Waals surface area contributed by atoms with Gasteiger partial charge < -0.3 is 15.0 Å². The number of ether oxygens (including phenoxy) is 1. The van der Waals surface area contributed by atoms with Crippen molar-refractivity contribution >= 4 is 17.5 Å². The average Bonchev–Trinajstić information content (AvgIpc) is 2.69. The summed E-state index contributed by atoms with van der Waals surface area (Å²) in [7, 11) is 1.67. The average molecular weight is 366 g/mol. The maximum absolute atomic E-state index is 12.5. The fourth-order valence-corrected chi connectivity index (χ4v) is 3.45. The minimum Gasteiger partial charge on any atom is -0.497 e. The zero-order valence-electron chi connectivity index (χ0n) is 15.9. The molecule has 1 N–H and O–H groups in total. The summed E-state index contributed by atoms with van der Waals surface area (Å²) in [5, 5.41) is 2.90. The van der Waals surface area contributed by atoms with E-state index in [1.807, 2.05) is 17.0 Å². The molecule has 1 aliphatic heterocycles. The maximum atomic E-state index is 12.5. The van der Waals surface area contributed by atoms with E-state index in [1.54, 1.807) is 31.4 Å². The number of likely N-dealkylation sites (tertiary alicyclic amines) is 1. The van der Waals surface area contributed by atoms with Gasteiger partial charge in [-0.3, -0.25) is 4.79 Å². The lowest BCUT2D eigenvalue weighted by atomic mass is 9.90. The van der Waals surface area contributed by atoms with Crippen molar-refractivity contribution in [1.29, 1.82) is 0 Å². The quantitative estimate of drug-likeness (QED) is 0.799. The van der Waals surface area contributed by atoms with Gasteiger partial charge in [-0.05, 0) is 61.9 Å². The van der Waals surface area contributed by atoms with Gasteiger partial charge in [-0.25, -0.2) is 4.79 Å². The molecule has 2 aromatic carbocycles. The van der Waals surface area contributed by atoms with Gasteiger partial charge in [0.05, 0.1) is 7.11 Å². The number of ketones is 1. The maximum Gasteiger partial charge on any atom is 0.321 e. The predicted octanol–water partition coefficient (Wildman–Crippen LogP) is 4.38. The Hall–Kier alpha value is -2.82. The van der Waals surface area contributed by atoms with Crippen molar-refractivity contribution in [1.82, 2.24) is 4.90 Å². The highest BCUT2D eigenvalue weighted by atomic mass is 16.5. The molecular weight excluding hydrogens is 340 g/mol. The Morgan fingerprint density at radius 1 is 1.11 bits per heavy atom. The lowest BCUT2D eigenvalue weighted by Gasteiger charge is -2.32. The van der Waals surface area contributed by atoms with Crippen molar-refractivity contribution in [3.8, 4) is 5.75 Å². The van der Waals surface area contributed by atoms with Crippen LogP contribution in [0.5, 0.6) is 5.75 Å². The Morgan fingerprint density at radius 2 is 1.81 bits per heavy atom. The van der Waals surface area contributed by atoms with Gasteiger partial charge in [-0.1, -0.05) is 24.3 Å². The third-order valence-electron chi connectivity index (χ3n) is 5.11. The molecule has 3 rings (SSSR count). The third kappa shape index (κ3) is 5.09. The summed E-state index contributed by atoms with van der Waals surface area (Å²) >= 11 is 0. The number of rotatable bonds is 5. The number of nitrogens with one attached hydrogen (secondary N) is 1. The Labute approximate surface area is 160 Å². The van der Waals surface area contributed by atoms with Crippen LogP contribution in [0.15, 0.2) is 48.5 Å². The van der Waals surface area contributed by atoms with Crippen LogP contribution in [0.25, 0.3) is 0 Å². The van der Waals surface area contributed by atoms with Crippen LogP contribution in [-0.4, -0.2) is 36.9 Å². The van der Waals surface area contributed by atoms with Crippen molar-refractivity contribution in [3.05, 3.63) is 59.7 Å². The second-order valence-corrected chi connectivity index (χ2v) is 7.05. The van der Waals surface area contributed by atoms with E-state index in [-0.39, 0.29) is 11.8 Å². The summed E-state index contributed by atoms with van der Waals surface area (Å²) in [6, 6.07) is 15.2. The van der Waals surface area contributed by atoms with Gasteiger partial charge in [0.1, 0.15) is 5.75 Å². The zero-order chi connectivity index (χ0) is 19.2. The SMILES string of the molecule is COc1ccc(CC2CCN(C(=O)Nc3cccc(C(C)=O)c3)CC2)cc1. The van der Waals surface area contributed by atoms with E-state index in [1.165, 1.54) is 12.5 Å². The number of nitrogens with zero attached hydrogens (tertiary/aromatic N) is 1. The molecule has 142 valence electrons. The molecule has 1 fully saturated rings. The molecule has 0 aliphatic carbocycles. The number of urea groups is 1. The molecule has 0 saturated carbocycles. The van der Waals surface area contributed by atoms with Crippen molar-refractivity contribution in [2.45, 2.75) is 26.2 Å². The number of piperidine rings is 1. The van der Waals surface area contributed by atoms with E-state index in [4.69, 9.17) is 4.74 Å². The molecule has 0 atom stereocenters. The Morgan fingerprint density at radius 3 is 2.44 bits per heavy atom. The largest absolute Gasteiger partial charge is 0.497 e. The van der Waals surface area contributed by atoms with Crippen LogP contribution in [-0.2, 0) is 6.42 Å². The Bertz CT molecular complexity index is 793. The molecule has 1 saturated heterocycles. The first-order valence-corrected chi connectivity index (χ1v) is 9.35. The highest BCUT2D eigenvalue weighted by Gasteiger charge is 2.23. The van der Waals surface area contributed by atoms with Crippen LogP contribution in [0.4, 0.5) is 10.5 Å². The van der Waals surface area contributed by atoms with E-state index in [9.17, 15) is 9.59 Å². The van der Waals surface area contributed by atoms with Crippen LogP contribution in [0.1, 0.15) is 35.7 Å². The highest BCUT2D eigenvalue weighted by Crippen LogP contribution is 2.23. The van der Waals surface area contributed by atoms with Gasteiger partial charge in [-0.2, -0.15) is 0 Å². The smallest absolute Gasteiger partial charge is 0.321 e. The normalized spacial score (nSPS) is 14.7. The molecule has 0 spiro atoms. The first kappa shape index (κ1) is 19.0. The summed E-state index contributed by atoms with van der Waals surface area (Å²) in [6.45, 7) is 3.02. The number of hydrogen-bond donors (Lipinski definition) is 1. The fourth-order valence-electron chi connectivity index (χ4n) is 3.45. The summed E-state index contributed by atoms with van der Waals surface area (Å²) in [4.78, 5) is 25.8. The molecule has 0 radical (unpaired) electrons. The first-order valence-electron chi connectivity index (χ1n) is 9.35. The molecule has 2 aromatic rings. The minimum atomic E-state index is -0.0985. The molecule has 0 aromatic heterocycles. The second kappa shape index (κ2) is 8.71. The number of carbonyl (C=O) groups excluding carboxylic acids is 2. The predicted molar refractivity (Wildman–Crippen MR) is 106 cm³/mol. The topological polar surface area (TPSA) is 58.6 Å². The van der Waals surface area contributed by atoms with Crippen molar-refractivity contribution < 1.29 is 14.3 Å². The van der Waals surface area contributed by atoms with Crippen LogP contribution < -0.4 is 10.1 Å². The Kier molecular flexibility index (Phi) is 6.12. The molecule has 1 heterocycles. The van der Waals surface area contributed by atoms with Crippen molar-refractivity contribution in [2.24, 2.45) is 5.92 Å². The number of benzene rings is 2. The number of anilines is 1. The monoisotopic (exact) mass is 366 g/mol. The summed E-state index contributed by atoms with van der Waals surface area (Å²) in [6.07, 6.45) is 3.01. The van der Waals surface area contributed by atoms with Gasteiger partial charge in [0.15, 0.2) is 5.78 Å². The van der Waals surface area contributed by atoms with Gasteiger partial charge in [0.2, 0.25) is 0 Å². The van der Waals surface area contributed by atoms with Crippen LogP contribution in [0, 0.1) is 5.92 Å². The van der Waals surface area contributed by atoms with Crippen molar-refractivity contribution in [2.75, 3.05) is 25.5 Å². The molecule has 0 unspecified atom stereocenters. The van der Waals surface area contributed by atoms with Crippen LogP contribution in [0.2, 0.25) is 0 Å². The number of methoxy groups -OCH3 is 1. The van der Waals surface area contributed by atoms with Crippen molar-refractivity contribution in [3.63, 3.8) is 0 Å². The van der Waals surface area contributed by atoms with E-state index in [0.29, 0.717) is 17.2 Å². The van der Waals surface area contributed by atoms with Crippen LogP contribution >= 0.6 is 0 Å². The van der Waals surface area contributed by atoms with E-state index in [0.717, 1.165) is 38.1 Å². The van der Waals surface area contributed by atoms with Gasteiger partial charge >= 0.3 is 6.03 Å². The van der Waals surface area contributed by atoms with Gasteiger partial charge in [0.25, 0.3) is 0 Å². The Balaban J connectivity index is 1.50. The van der Waals surface area contributed by atoms with E-state index >= 15 is 0 Å². The lowest BCUT2D eigenvalue weighted by Crippen LogP contribution is -2.41. The molecule has 1 aliphatic rings. The van der Waals surface area contributed by atoms with E-state index in [2.05, 4.69) is 17.4 Å². The molecule has 2 amide bonds. The molecule has 0 bridgehead atoms. The lowest BCUT2D eigenvalue weighted by molar-refractivity contribution is 0.101. The summed E-state index contributed by atoms with van der Waals surface area (Å²) in [5.41, 5.74) is 2.57. The highest BCUT2D eigenvalue weighted by molar-refractivity contribution is 5.96. The van der Waals surface area contributed by atoms with Crippen LogP contribution in [0.3, 0.4) is 0 Å². The molecule has 5 heteroatoms. The fraction of sp³-hybridized carbons (Fsp3) is 0.364. The second-order valence-electron chi connectivity index (χ2n) is 7.05. The zero-order valence-corrected chi connectivity index (χ0v) is 15.9. The third-order valence-corrected chi connectivity index (χ3v) is 5.11. The number of amides is 2. The molecule has 27 heavy (non-hydrogen) atoms. The number of Topliss-reactive ketones (excluding diaryl/α,β-unsaturated/α-hetero) is 1. The molecular formula is C22H26N2O3.